The fourth-order valence-corrected chi connectivity index (χ4v) is 4.74. The quantitative estimate of drug-likeness (QED) is 0.240. The monoisotopic (exact) mass is 496 g/mol. The molecule has 186 valence electrons. The summed E-state index contributed by atoms with van der Waals surface area (Å²) in [7, 11) is -2.59. The number of ether oxygens (including phenoxy) is 6. The van der Waals surface area contributed by atoms with Crippen molar-refractivity contribution in [3.63, 3.8) is 0 Å². The lowest BCUT2D eigenvalue weighted by molar-refractivity contribution is 0.0758. The lowest BCUT2D eigenvalue weighted by Gasteiger charge is -2.28. The molecule has 2 fully saturated rings. The summed E-state index contributed by atoms with van der Waals surface area (Å²) in [6.45, 7) is 14.7. The maximum absolute atomic E-state index is 6.44. The number of benzene rings is 2. The highest BCUT2D eigenvalue weighted by molar-refractivity contribution is 6.87. The average molecular weight is 497 g/mol. The molecule has 0 aliphatic carbocycles. The van der Waals surface area contributed by atoms with Crippen molar-refractivity contribution in [3.8, 4) is 23.0 Å². The smallest absolute Gasteiger partial charge is 0.265 e. The molecule has 2 heterocycles. The Bertz CT molecular complexity index is 917. The van der Waals surface area contributed by atoms with E-state index in [2.05, 4.69) is 19.7 Å². The molecule has 2 aromatic carbocycles. The van der Waals surface area contributed by atoms with Gasteiger partial charge in [-0.25, -0.2) is 0 Å². The molecule has 0 aromatic heterocycles. The van der Waals surface area contributed by atoms with Crippen LogP contribution in [0.25, 0.3) is 0 Å². The molecule has 0 spiro atoms. The van der Waals surface area contributed by atoms with Crippen molar-refractivity contribution in [1.29, 1.82) is 0 Å². The second kappa shape index (κ2) is 12.1. The van der Waals surface area contributed by atoms with Gasteiger partial charge in [0, 0.05) is 0 Å². The van der Waals surface area contributed by atoms with E-state index >= 15 is 0 Å². The van der Waals surface area contributed by atoms with E-state index in [1.54, 1.807) is 17.1 Å². The molecule has 7 nitrogen and oxygen atoms in total. The zero-order valence-corrected chi connectivity index (χ0v) is 20.8. The molecule has 2 aliphatic heterocycles. The average Bonchev–Trinajstić information content (AvgIpc) is 3.83. The molecule has 2 unspecified atom stereocenters. The number of hydrogen-bond donors (Lipinski definition) is 0. The minimum absolute atomic E-state index is 0.153. The van der Waals surface area contributed by atoms with Gasteiger partial charge in [0.25, 0.3) is 8.32 Å². The molecular formula is C27H32O7Si. The highest BCUT2D eigenvalue weighted by Crippen LogP contribution is 2.30. The molecule has 8 heteroatoms. The van der Waals surface area contributed by atoms with Gasteiger partial charge in [-0.1, -0.05) is 41.4 Å². The molecule has 0 saturated carbocycles. The topological polar surface area (TPSA) is 71.2 Å². The van der Waals surface area contributed by atoms with E-state index in [4.69, 9.17) is 32.8 Å². The lowest BCUT2D eigenvalue weighted by Crippen LogP contribution is -2.42. The van der Waals surface area contributed by atoms with Gasteiger partial charge in [0.15, 0.2) is 23.0 Å². The minimum atomic E-state index is -2.59. The van der Waals surface area contributed by atoms with Crippen LogP contribution in [0.4, 0.5) is 0 Å². The number of hydrogen-bond acceptors (Lipinski definition) is 7. The summed E-state index contributed by atoms with van der Waals surface area (Å²) in [5.74, 6) is 2.56. The Kier molecular flexibility index (Phi) is 8.65. The zero-order chi connectivity index (χ0) is 24.5. The minimum Gasteiger partial charge on any atom is -0.487 e. The molecule has 0 amide bonds. The van der Waals surface area contributed by atoms with Crippen molar-refractivity contribution >= 4 is 8.32 Å². The SMILES string of the molecule is C=C[Si](C=C)(C=C)OC(COc1ccccc1OCC1CO1)COc1ccccc1OCC1CO1. The van der Waals surface area contributed by atoms with E-state index in [1.165, 1.54) is 0 Å². The Morgan fingerprint density at radius 1 is 0.714 bits per heavy atom. The van der Waals surface area contributed by atoms with Crippen molar-refractivity contribution in [2.24, 2.45) is 0 Å². The van der Waals surface area contributed by atoms with Gasteiger partial charge in [-0.2, -0.15) is 0 Å². The third-order valence-corrected chi connectivity index (χ3v) is 8.19. The summed E-state index contributed by atoms with van der Waals surface area (Å²) in [6.07, 6.45) is -0.128. The Hall–Kier alpha value is -3.04. The van der Waals surface area contributed by atoms with Crippen LogP contribution in [0.3, 0.4) is 0 Å². The number of rotatable bonds is 17. The molecule has 4 rings (SSSR count). The van der Waals surface area contributed by atoms with Crippen molar-refractivity contribution in [2.75, 3.05) is 39.6 Å². The van der Waals surface area contributed by atoms with E-state index < -0.39 is 14.4 Å². The largest absolute Gasteiger partial charge is 0.487 e. The van der Waals surface area contributed by atoms with Crippen LogP contribution in [-0.2, 0) is 13.9 Å². The van der Waals surface area contributed by atoms with Crippen LogP contribution in [0.15, 0.2) is 85.4 Å². The molecule has 2 aliphatic rings. The molecule has 2 saturated heterocycles. The van der Waals surface area contributed by atoms with Crippen molar-refractivity contribution in [3.05, 3.63) is 85.4 Å². The first-order chi connectivity index (χ1) is 17.1. The van der Waals surface area contributed by atoms with E-state index in [-0.39, 0.29) is 25.4 Å². The summed E-state index contributed by atoms with van der Waals surface area (Å²) in [6, 6.07) is 15.1. The molecule has 2 atom stereocenters. The maximum Gasteiger partial charge on any atom is 0.265 e. The summed E-state index contributed by atoms with van der Waals surface area (Å²) in [5, 5.41) is 0. The fraction of sp³-hybridized carbons (Fsp3) is 0.333. The first-order valence-electron chi connectivity index (χ1n) is 11.7. The standard InChI is InChI=1S/C27H32O7Si/c1-4-35(5-2,6-3)34-23(19-32-26-13-9-7-11-24(26)30-17-21-15-28-21)20-33-27-14-10-8-12-25(27)31-18-22-16-29-22/h4-14,21-23H,1-3,15-20H2. The highest BCUT2D eigenvalue weighted by atomic mass is 28.4. The van der Waals surface area contributed by atoms with Crippen LogP contribution in [-0.4, -0.2) is 66.3 Å². The molecule has 0 N–H and O–H groups in total. The van der Waals surface area contributed by atoms with Crippen molar-refractivity contribution in [1.82, 2.24) is 0 Å². The third kappa shape index (κ3) is 7.47. The van der Waals surface area contributed by atoms with Crippen LogP contribution < -0.4 is 18.9 Å². The Morgan fingerprint density at radius 3 is 1.43 bits per heavy atom. The van der Waals surface area contributed by atoms with Gasteiger partial charge >= 0.3 is 0 Å². The number of epoxide rings is 2. The van der Waals surface area contributed by atoms with Crippen LogP contribution in [0.2, 0.25) is 0 Å². The van der Waals surface area contributed by atoms with Gasteiger partial charge in [-0.3, -0.25) is 0 Å². The first-order valence-corrected chi connectivity index (χ1v) is 13.8. The molecular weight excluding hydrogens is 464 g/mol. The van der Waals surface area contributed by atoms with Gasteiger partial charge in [0.1, 0.15) is 44.7 Å². The third-order valence-electron chi connectivity index (χ3n) is 5.53. The van der Waals surface area contributed by atoms with E-state index in [0.717, 1.165) is 13.2 Å². The van der Waals surface area contributed by atoms with Gasteiger partial charge in [0.05, 0.1) is 13.2 Å². The maximum atomic E-state index is 6.44. The molecule has 0 bridgehead atoms. The van der Waals surface area contributed by atoms with Gasteiger partial charge < -0.3 is 32.8 Å². The Labute approximate surface area is 207 Å². The van der Waals surface area contributed by atoms with Crippen LogP contribution >= 0.6 is 0 Å². The van der Waals surface area contributed by atoms with E-state index in [1.807, 2.05) is 48.5 Å². The molecule has 0 radical (unpaired) electrons. The second-order valence-electron chi connectivity index (χ2n) is 8.25. The second-order valence-corrected chi connectivity index (χ2v) is 11.4. The van der Waals surface area contributed by atoms with E-state index in [0.29, 0.717) is 36.2 Å². The molecule has 35 heavy (non-hydrogen) atoms. The van der Waals surface area contributed by atoms with Gasteiger partial charge in [-0.05, 0) is 24.3 Å². The summed E-state index contributed by atoms with van der Waals surface area (Å²) in [4.78, 5) is 0. The summed E-state index contributed by atoms with van der Waals surface area (Å²) in [5.41, 5.74) is 5.33. The van der Waals surface area contributed by atoms with E-state index in [9.17, 15) is 0 Å². The van der Waals surface area contributed by atoms with Crippen LogP contribution in [0.1, 0.15) is 0 Å². The van der Waals surface area contributed by atoms with Gasteiger partial charge in [-0.15, -0.1) is 19.7 Å². The predicted molar refractivity (Wildman–Crippen MR) is 136 cm³/mol. The number of para-hydroxylation sites is 4. The molecule has 2 aromatic rings. The first kappa shape index (κ1) is 25.1. The van der Waals surface area contributed by atoms with Crippen molar-refractivity contribution < 1.29 is 32.8 Å². The van der Waals surface area contributed by atoms with Crippen LogP contribution in [0.5, 0.6) is 23.0 Å². The summed E-state index contributed by atoms with van der Waals surface area (Å²) < 4.78 is 40.9. The van der Waals surface area contributed by atoms with Crippen molar-refractivity contribution in [2.45, 2.75) is 18.3 Å². The van der Waals surface area contributed by atoms with Gasteiger partial charge in [0.2, 0.25) is 0 Å². The lowest BCUT2D eigenvalue weighted by atomic mass is 10.3. The Morgan fingerprint density at radius 2 is 1.09 bits per heavy atom. The highest BCUT2D eigenvalue weighted by Gasteiger charge is 2.30. The fourth-order valence-electron chi connectivity index (χ4n) is 3.24. The van der Waals surface area contributed by atoms with Crippen LogP contribution in [0, 0.1) is 0 Å². The predicted octanol–water partition coefficient (Wildman–Crippen LogP) is 4.21. The normalized spacial score (nSPS) is 19.2. The Balaban J connectivity index is 1.43. The zero-order valence-electron chi connectivity index (χ0n) is 19.8. The summed E-state index contributed by atoms with van der Waals surface area (Å²) >= 11 is 0.